The second-order valence-electron chi connectivity index (χ2n) is 4.22. The molecular weight excluding hydrogens is 240 g/mol. The van der Waals surface area contributed by atoms with Crippen LogP contribution in [0.15, 0.2) is 35.2 Å². The summed E-state index contributed by atoms with van der Waals surface area (Å²) in [6, 6.07) is 8.13. The summed E-state index contributed by atoms with van der Waals surface area (Å²) in [4.78, 5) is -1.21. The van der Waals surface area contributed by atoms with Crippen LogP contribution in [0.2, 0.25) is 0 Å². The Labute approximate surface area is 101 Å². The van der Waals surface area contributed by atoms with Gasteiger partial charge in [0.1, 0.15) is 6.10 Å². The lowest BCUT2D eigenvalue weighted by molar-refractivity contribution is 0.106. The van der Waals surface area contributed by atoms with Gasteiger partial charge in [-0.2, -0.15) is 0 Å². The van der Waals surface area contributed by atoms with Crippen molar-refractivity contribution < 1.29 is 18.3 Å². The maximum atomic E-state index is 12.3. The predicted molar refractivity (Wildman–Crippen MR) is 63.2 cm³/mol. The molecule has 2 rings (SSSR count). The van der Waals surface area contributed by atoms with Crippen molar-refractivity contribution in [1.82, 2.24) is 0 Å². The van der Waals surface area contributed by atoms with Crippen molar-refractivity contribution in [3.8, 4) is 0 Å². The Hall–Kier alpha value is -0.910. The normalized spacial score (nSPS) is 25.5. The van der Waals surface area contributed by atoms with Gasteiger partial charge in [-0.25, -0.2) is 8.42 Å². The van der Waals surface area contributed by atoms with Gasteiger partial charge in [-0.1, -0.05) is 31.5 Å². The van der Waals surface area contributed by atoms with Crippen LogP contribution in [0.25, 0.3) is 0 Å². The van der Waals surface area contributed by atoms with Crippen molar-refractivity contribution in [2.45, 2.75) is 35.7 Å². The highest BCUT2D eigenvalue weighted by Crippen LogP contribution is 2.42. The number of sulfone groups is 1. The second kappa shape index (κ2) is 4.40. The van der Waals surface area contributed by atoms with Gasteiger partial charge in [-0.05, 0) is 18.6 Å². The lowest BCUT2D eigenvalue weighted by atomic mass is 10.1. The van der Waals surface area contributed by atoms with E-state index in [0.29, 0.717) is 6.42 Å². The van der Waals surface area contributed by atoms with Crippen LogP contribution in [0.1, 0.15) is 19.8 Å². The van der Waals surface area contributed by atoms with Gasteiger partial charge < -0.3 is 9.84 Å². The summed E-state index contributed by atoms with van der Waals surface area (Å²) in [5, 5.41) is 9.93. The van der Waals surface area contributed by atoms with Crippen molar-refractivity contribution >= 4 is 9.84 Å². The summed E-state index contributed by atoms with van der Waals surface area (Å²) >= 11 is 0. The molecule has 1 aliphatic rings. The molecule has 0 amide bonds. The lowest BCUT2D eigenvalue weighted by Crippen LogP contribution is -2.38. The van der Waals surface area contributed by atoms with E-state index in [1.807, 2.05) is 6.92 Å². The average molecular weight is 256 g/mol. The van der Waals surface area contributed by atoms with Crippen molar-refractivity contribution in [3.63, 3.8) is 0 Å². The Bertz CT molecular complexity index is 476. The van der Waals surface area contributed by atoms with E-state index >= 15 is 0 Å². The molecule has 5 heteroatoms. The molecule has 17 heavy (non-hydrogen) atoms. The minimum Gasteiger partial charge on any atom is -0.389 e. The molecular formula is C12H16O4S. The molecule has 0 radical (unpaired) electrons. The first-order valence-corrected chi connectivity index (χ1v) is 7.14. The molecule has 0 unspecified atom stereocenters. The average Bonchev–Trinajstić information content (AvgIpc) is 3.12. The van der Waals surface area contributed by atoms with Crippen molar-refractivity contribution in [2.24, 2.45) is 0 Å². The topological polar surface area (TPSA) is 66.9 Å². The van der Waals surface area contributed by atoms with Gasteiger partial charge >= 0.3 is 0 Å². The van der Waals surface area contributed by atoms with E-state index in [1.54, 1.807) is 18.2 Å². The molecule has 94 valence electrons. The van der Waals surface area contributed by atoms with Gasteiger partial charge in [0.2, 0.25) is 14.8 Å². The fourth-order valence-corrected chi connectivity index (χ4v) is 3.65. The Morgan fingerprint density at radius 2 is 2.00 bits per heavy atom. The van der Waals surface area contributed by atoms with E-state index < -0.39 is 20.9 Å². The zero-order valence-electron chi connectivity index (χ0n) is 9.67. The zero-order valence-corrected chi connectivity index (χ0v) is 10.5. The highest BCUT2D eigenvalue weighted by Gasteiger charge is 2.62. The molecule has 0 saturated carbocycles. The fourth-order valence-electron chi connectivity index (χ4n) is 1.89. The number of aliphatic hydroxyl groups is 1. The molecule has 1 aliphatic heterocycles. The number of hydrogen-bond donors (Lipinski definition) is 1. The van der Waals surface area contributed by atoms with Crippen molar-refractivity contribution in [2.75, 3.05) is 6.61 Å². The fraction of sp³-hybridized carbons (Fsp3) is 0.500. The van der Waals surface area contributed by atoms with E-state index in [-0.39, 0.29) is 11.5 Å². The first-order valence-electron chi connectivity index (χ1n) is 5.66. The van der Waals surface area contributed by atoms with Crippen LogP contribution in [0.4, 0.5) is 0 Å². The monoisotopic (exact) mass is 256 g/mol. The summed E-state index contributed by atoms with van der Waals surface area (Å²) < 4.78 is 29.8. The molecule has 1 heterocycles. The first kappa shape index (κ1) is 12.5. The number of epoxide rings is 1. The molecule has 1 aromatic rings. The highest BCUT2D eigenvalue weighted by molar-refractivity contribution is 7.93. The highest BCUT2D eigenvalue weighted by atomic mass is 32.2. The third-order valence-corrected chi connectivity index (χ3v) is 5.32. The largest absolute Gasteiger partial charge is 0.389 e. The van der Waals surface area contributed by atoms with Gasteiger partial charge in [0.05, 0.1) is 11.5 Å². The van der Waals surface area contributed by atoms with Gasteiger partial charge in [0, 0.05) is 0 Å². The molecule has 0 aliphatic carbocycles. The minimum absolute atomic E-state index is 0.0748. The molecule has 0 bridgehead atoms. The summed E-state index contributed by atoms with van der Waals surface area (Å²) in [5.41, 5.74) is 0. The quantitative estimate of drug-likeness (QED) is 0.807. The van der Waals surface area contributed by atoms with Crippen molar-refractivity contribution in [3.05, 3.63) is 30.3 Å². The third-order valence-electron chi connectivity index (χ3n) is 3.01. The maximum absolute atomic E-state index is 12.3. The molecule has 0 spiro atoms. The van der Waals surface area contributed by atoms with Gasteiger partial charge in [-0.3, -0.25) is 0 Å². The minimum atomic E-state index is -3.62. The summed E-state index contributed by atoms with van der Waals surface area (Å²) in [5.74, 6) is 0. The van der Waals surface area contributed by atoms with Crippen LogP contribution in [-0.4, -0.2) is 31.2 Å². The van der Waals surface area contributed by atoms with Crippen molar-refractivity contribution in [1.29, 1.82) is 0 Å². The Kier molecular flexibility index (Phi) is 3.25. The Balaban J connectivity index is 2.34. The molecule has 1 N–H and O–H groups in total. The number of aliphatic hydroxyl groups excluding tert-OH is 1. The molecule has 4 nitrogen and oxygen atoms in total. The van der Waals surface area contributed by atoms with E-state index in [9.17, 15) is 13.5 Å². The third kappa shape index (κ3) is 1.99. The summed E-state index contributed by atoms with van der Waals surface area (Å²) in [6.07, 6.45) is 0.181. The Morgan fingerprint density at radius 3 is 2.47 bits per heavy atom. The number of ether oxygens (including phenoxy) is 1. The summed E-state index contributed by atoms with van der Waals surface area (Å²) in [7, 11) is -3.62. The summed E-state index contributed by atoms with van der Waals surface area (Å²) in [6.45, 7) is 1.97. The number of hydrogen-bond acceptors (Lipinski definition) is 4. The van der Waals surface area contributed by atoms with Crippen LogP contribution < -0.4 is 0 Å². The van der Waals surface area contributed by atoms with Crippen LogP contribution in [0, 0.1) is 0 Å². The number of rotatable bonds is 5. The van der Waals surface area contributed by atoms with Gasteiger partial charge in [0.25, 0.3) is 0 Å². The SMILES string of the molecule is CCC[C@H](O)[C@]1(S(=O)(=O)c2ccccc2)CO1. The smallest absolute Gasteiger partial charge is 0.222 e. The van der Waals surface area contributed by atoms with Crippen LogP contribution in [0.3, 0.4) is 0 Å². The van der Waals surface area contributed by atoms with E-state index in [2.05, 4.69) is 0 Å². The molecule has 1 aromatic carbocycles. The van der Waals surface area contributed by atoms with Crippen LogP contribution in [-0.2, 0) is 14.6 Å². The van der Waals surface area contributed by atoms with E-state index in [4.69, 9.17) is 4.74 Å². The van der Waals surface area contributed by atoms with E-state index in [0.717, 1.165) is 6.42 Å². The van der Waals surface area contributed by atoms with Crippen LogP contribution in [0.5, 0.6) is 0 Å². The van der Waals surface area contributed by atoms with Crippen LogP contribution >= 0.6 is 0 Å². The molecule has 2 atom stereocenters. The molecule has 0 aromatic heterocycles. The maximum Gasteiger partial charge on any atom is 0.222 e. The molecule has 1 fully saturated rings. The standard InChI is InChI=1S/C12H16O4S/c1-2-6-11(13)12(9-16-12)17(14,15)10-7-4-3-5-8-10/h3-5,7-8,11,13H,2,6,9H2,1H3/t11-,12+/m0/s1. The van der Waals surface area contributed by atoms with Gasteiger partial charge in [0.15, 0.2) is 0 Å². The lowest BCUT2D eigenvalue weighted by Gasteiger charge is -2.18. The van der Waals surface area contributed by atoms with Gasteiger partial charge in [-0.15, -0.1) is 0 Å². The second-order valence-corrected chi connectivity index (χ2v) is 6.39. The molecule has 1 saturated heterocycles. The number of benzene rings is 1. The zero-order chi connectivity index (χ0) is 12.5. The first-order chi connectivity index (χ1) is 8.04. The predicted octanol–water partition coefficient (Wildman–Crippen LogP) is 1.35. The van der Waals surface area contributed by atoms with E-state index in [1.165, 1.54) is 12.1 Å². The Morgan fingerprint density at radius 1 is 1.41 bits per heavy atom.